The molecule has 172 valence electrons. The number of aromatic nitrogens is 2. The molecule has 0 spiro atoms. The summed E-state index contributed by atoms with van der Waals surface area (Å²) in [6, 6.07) is 7.28. The topological polar surface area (TPSA) is 46.1 Å². The predicted octanol–water partition coefficient (Wildman–Crippen LogP) is 6.70. The fourth-order valence-electron chi connectivity index (χ4n) is 4.39. The molecule has 31 heavy (non-hydrogen) atoms. The number of aryl methyl sites for hydroxylation is 1. The zero-order valence-electron chi connectivity index (χ0n) is 20.0. The van der Waals surface area contributed by atoms with Gasteiger partial charge in [-0.25, -0.2) is 13.9 Å². The third-order valence-electron chi connectivity index (χ3n) is 6.17. The molecular weight excluding hydrogens is 384 g/mol. The number of benzene rings is 1. The van der Waals surface area contributed by atoms with Gasteiger partial charge in [0.2, 0.25) is 0 Å². The first-order valence-corrected chi connectivity index (χ1v) is 12.5. The lowest BCUT2D eigenvalue weighted by molar-refractivity contribution is -0.695. The van der Waals surface area contributed by atoms with Gasteiger partial charge in [0, 0.05) is 13.3 Å². The van der Waals surface area contributed by atoms with Gasteiger partial charge in [0.1, 0.15) is 18.4 Å². The minimum Gasteiger partial charge on any atom is -0.478 e. The molecule has 0 saturated carbocycles. The minimum absolute atomic E-state index is 0.346. The summed E-state index contributed by atoms with van der Waals surface area (Å²) in [6.07, 6.45) is 18.1. The number of carboxylic acids is 1. The summed E-state index contributed by atoms with van der Waals surface area (Å²) in [7, 11) is 0. The van der Waals surface area contributed by atoms with Gasteiger partial charge in [-0.2, -0.15) is 0 Å². The Hall–Kier alpha value is -2.10. The van der Waals surface area contributed by atoms with Crippen molar-refractivity contribution in [2.75, 3.05) is 0 Å². The molecule has 0 fully saturated rings. The number of carbonyl (C=O) groups is 1. The van der Waals surface area contributed by atoms with Crippen LogP contribution < -0.4 is 4.57 Å². The first kappa shape index (κ1) is 25.2. The molecule has 0 radical (unpaired) electrons. The van der Waals surface area contributed by atoms with Crippen LogP contribution in [-0.4, -0.2) is 15.6 Å². The Morgan fingerprint density at radius 2 is 1.45 bits per heavy atom. The second-order valence-corrected chi connectivity index (χ2v) is 8.90. The van der Waals surface area contributed by atoms with E-state index in [1.165, 1.54) is 75.7 Å². The van der Waals surface area contributed by atoms with Gasteiger partial charge in [-0.15, -0.1) is 0 Å². The van der Waals surface area contributed by atoms with Gasteiger partial charge in [0.05, 0.1) is 12.1 Å². The van der Waals surface area contributed by atoms with Gasteiger partial charge < -0.3 is 5.11 Å². The third kappa shape index (κ3) is 8.51. The summed E-state index contributed by atoms with van der Waals surface area (Å²) >= 11 is 0. The Balaban J connectivity index is 1.88. The number of carboxylic acid groups (broad SMARTS) is 1. The Morgan fingerprint density at radius 1 is 0.871 bits per heavy atom. The molecule has 1 N–H and O–H groups in total. The molecule has 0 aliphatic rings. The summed E-state index contributed by atoms with van der Waals surface area (Å²) in [4.78, 5) is 11.1. The van der Waals surface area contributed by atoms with Crippen molar-refractivity contribution in [2.45, 2.75) is 111 Å². The third-order valence-corrected chi connectivity index (χ3v) is 6.17. The minimum atomic E-state index is -0.870. The summed E-state index contributed by atoms with van der Waals surface area (Å²) in [6.45, 7) is 8.56. The molecule has 4 heteroatoms. The first-order valence-electron chi connectivity index (χ1n) is 12.5. The summed E-state index contributed by atoms with van der Waals surface area (Å²) in [5.41, 5.74) is 2.80. The van der Waals surface area contributed by atoms with Gasteiger partial charge in [0.15, 0.2) is 0 Å². The zero-order chi connectivity index (χ0) is 22.5. The lowest BCUT2D eigenvalue weighted by atomic mass is 10.1. The van der Waals surface area contributed by atoms with Crippen LogP contribution in [0.2, 0.25) is 0 Å². The maximum atomic E-state index is 11.1. The van der Waals surface area contributed by atoms with Crippen molar-refractivity contribution in [3.05, 3.63) is 53.1 Å². The van der Waals surface area contributed by atoms with Crippen LogP contribution in [0.5, 0.6) is 0 Å². The standard InChI is InChI=1S/C27H42N2O2/c1-4-6-7-8-9-10-11-12-13-14-15-26-28(21-23(3)29(26)20-5-2)22-24-16-18-25(19-17-24)27(30)31/h16-19,21H,4-15,20,22H2,1-3H3/p+1. The molecule has 0 aliphatic heterocycles. The van der Waals surface area contributed by atoms with E-state index in [0.29, 0.717) is 5.56 Å². The molecule has 0 aliphatic carbocycles. The average Bonchev–Trinajstić information content (AvgIpc) is 3.04. The molecule has 1 aromatic heterocycles. The van der Waals surface area contributed by atoms with Crippen molar-refractivity contribution in [3.63, 3.8) is 0 Å². The molecule has 1 aromatic carbocycles. The predicted molar refractivity (Wildman–Crippen MR) is 128 cm³/mol. The number of aromatic carboxylic acids is 1. The van der Waals surface area contributed by atoms with E-state index in [1.807, 2.05) is 12.1 Å². The van der Waals surface area contributed by atoms with E-state index in [1.54, 1.807) is 12.1 Å². The number of nitrogens with zero attached hydrogens (tertiary/aromatic N) is 2. The van der Waals surface area contributed by atoms with Crippen molar-refractivity contribution < 1.29 is 14.5 Å². The van der Waals surface area contributed by atoms with Gasteiger partial charge in [0.25, 0.3) is 5.82 Å². The molecule has 2 aromatic rings. The van der Waals surface area contributed by atoms with Crippen molar-refractivity contribution in [2.24, 2.45) is 0 Å². The van der Waals surface area contributed by atoms with Crippen LogP contribution >= 0.6 is 0 Å². The number of hydrogen-bond acceptors (Lipinski definition) is 1. The van der Waals surface area contributed by atoms with Crippen LogP contribution in [0.3, 0.4) is 0 Å². The summed E-state index contributed by atoms with van der Waals surface area (Å²) in [5, 5.41) is 9.12. The number of unbranched alkanes of at least 4 members (excludes halogenated alkanes) is 9. The Morgan fingerprint density at radius 3 is 2.00 bits per heavy atom. The van der Waals surface area contributed by atoms with Crippen LogP contribution in [0.4, 0.5) is 0 Å². The van der Waals surface area contributed by atoms with Crippen LogP contribution in [-0.2, 0) is 19.5 Å². The second-order valence-electron chi connectivity index (χ2n) is 8.90. The summed E-state index contributed by atoms with van der Waals surface area (Å²) < 4.78 is 4.84. The van der Waals surface area contributed by atoms with Gasteiger partial charge >= 0.3 is 5.97 Å². The SMILES string of the molecule is CCCCCCCCCCCCc1n(CCC)c(C)c[n+]1Cc1ccc(C(=O)O)cc1. The molecule has 0 unspecified atom stereocenters. The fourth-order valence-corrected chi connectivity index (χ4v) is 4.39. The van der Waals surface area contributed by atoms with E-state index >= 15 is 0 Å². The largest absolute Gasteiger partial charge is 0.478 e. The van der Waals surface area contributed by atoms with Crippen molar-refractivity contribution in [3.8, 4) is 0 Å². The molecule has 2 rings (SSSR count). The molecule has 0 bridgehead atoms. The molecule has 0 saturated heterocycles. The maximum absolute atomic E-state index is 11.1. The average molecular weight is 428 g/mol. The maximum Gasteiger partial charge on any atom is 0.335 e. The lowest BCUT2D eigenvalue weighted by Gasteiger charge is -2.07. The molecule has 0 atom stereocenters. The quantitative estimate of drug-likeness (QED) is 0.239. The van der Waals surface area contributed by atoms with E-state index in [2.05, 4.69) is 36.1 Å². The fraction of sp³-hybridized carbons (Fsp3) is 0.630. The molecular formula is C27H43N2O2+. The van der Waals surface area contributed by atoms with Crippen LogP contribution in [0.1, 0.15) is 112 Å². The molecule has 4 nitrogen and oxygen atoms in total. The normalized spacial score (nSPS) is 11.2. The first-order chi connectivity index (χ1) is 15.1. The van der Waals surface area contributed by atoms with Gasteiger partial charge in [-0.1, -0.05) is 83.8 Å². The monoisotopic (exact) mass is 427 g/mol. The Labute approximate surface area is 189 Å². The Kier molecular flexibility index (Phi) is 11.4. The molecule has 0 amide bonds. The van der Waals surface area contributed by atoms with E-state index < -0.39 is 5.97 Å². The molecule has 1 heterocycles. The van der Waals surface area contributed by atoms with E-state index in [0.717, 1.165) is 31.5 Å². The van der Waals surface area contributed by atoms with Crippen molar-refractivity contribution >= 4 is 5.97 Å². The second kappa shape index (κ2) is 14.1. The highest BCUT2D eigenvalue weighted by molar-refractivity contribution is 5.87. The van der Waals surface area contributed by atoms with E-state index in [9.17, 15) is 4.79 Å². The summed E-state index contributed by atoms with van der Waals surface area (Å²) in [5.74, 6) is 0.534. The van der Waals surface area contributed by atoms with Crippen molar-refractivity contribution in [1.29, 1.82) is 0 Å². The van der Waals surface area contributed by atoms with Crippen LogP contribution in [0.15, 0.2) is 30.5 Å². The zero-order valence-corrected chi connectivity index (χ0v) is 20.0. The highest BCUT2D eigenvalue weighted by Gasteiger charge is 2.20. The highest BCUT2D eigenvalue weighted by Crippen LogP contribution is 2.14. The number of imidazole rings is 1. The van der Waals surface area contributed by atoms with Crippen LogP contribution in [0.25, 0.3) is 0 Å². The number of rotatable bonds is 16. The van der Waals surface area contributed by atoms with E-state index in [-0.39, 0.29) is 0 Å². The van der Waals surface area contributed by atoms with E-state index in [4.69, 9.17) is 5.11 Å². The highest BCUT2D eigenvalue weighted by atomic mass is 16.4. The Bertz CT molecular complexity index is 777. The van der Waals surface area contributed by atoms with Gasteiger partial charge in [-0.05, 0) is 30.5 Å². The van der Waals surface area contributed by atoms with Gasteiger partial charge in [-0.3, -0.25) is 0 Å². The lowest BCUT2D eigenvalue weighted by Crippen LogP contribution is -2.38. The van der Waals surface area contributed by atoms with Crippen LogP contribution in [0, 0.1) is 6.92 Å². The van der Waals surface area contributed by atoms with Crippen molar-refractivity contribution in [1.82, 2.24) is 4.57 Å². The smallest absolute Gasteiger partial charge is 0.335 e. The number of hydrogen-bond donors (Lipinski definition) is 1.